The number of nitrogens with two attached hydrogens (primary N) is 1. The predicted molar refractivity (Wildman–Crippen MR) is 39.2 cm³/mol. The van der Waals surface area contributed by atoms with Crippen LogP contribution in [0.15, 0.2) is 12.3 Å². The Labute approximate surface area is 63.7 Å². The number of hydrogen-bond acceptors (Lipinski definition) is 3. The van der Waals surface area contributed by atoms with E-state index in [1.807, 2.05) is 0 Å². The van der Waals surface area contributed by atoms with Gasteiger partial charge in [0.1, 0.15) is 5.75 Å². The van der Waals surface area contributed by atoms with Crippen molar-refractivity contribution in [1.29, 1.82) is 0 Å². The van der Waals surface area contributed by atoms with E-state index in [0.717, 1.165) is 0 Å². The highest BCUT2D eigenvalue weighted by Gasteiger charge is 2.05. The number of aryl methyl sites for hydroxylation is 1. The molecule has 0 aromatic carbocycles. The summed E-state index contributed by atoms with van der Waals surface area (Å²) in [6, 6.07) is 1.30. The molecule has 0 aliphatic rings. The number of carbonyl (C=O) groups excluding carboxylic acids is 1. The molecule has 0 radical (unpaired) electrons. The Kier molecular flexibility index (Phi) is 1.76. The lowest BCUT2D eigenvalue weighted by molar-refractivity contribution is 0.0999. The van der Waals surface area contributed by atoms with E-state index in [1.54, 1.807) is 6.92 Å². The normalized spacial score (nSPS) is 9.55. The molecule has 1 amide bonds. The van der Waals surface area contributed by atoms with Crippen LogP contribution < -0.4 is 5.73 Å². The summed E-state index contributed by atoms with van der Waals surface area (Å²) in [6.45, 7) is 1.65. The largest absolute Gasteiger partial charge is 0.506 e. The second-order valence-electron chi connectivity index (χ2n) is 2.19. The third-order valence-corrected chi connectivity index (χ3v) is 1.34. The molecule has 4 nitrogen and oxygen atoms in total. The molecule has 0 saturated carbocycles. The molecule has 11 heavy (non-hydrogen) atoms. The van der Waals surface area contributed by atoms with Crippen LogP contribution in [-0.2, 0) is 0 Å². The minimum absolute atomic E-state index is 0.0515. The predicted octanol–water partition coefficient (Wildman–Crippen LogP) is 0.195. The van der Waals surface area contributed by atoms with Gasteiger partial charge >= 0.3 is 0 Å². The average molecular weight is 152 g/mol. The zero-order valence-electron chi connectivity index (χ0n) is 6.03. The minimum atomic E-state index is -0.578. The number of aromatic nitrogens is 1. The molecule has 0 unspecified atom stereocenters. The molecule has 1 aromatic rings. The van der Waals surface area contributed by atoms with Gasteiger partial charge in [0.25, 0.3) is 5.91 Å². The number of pyridine rings is 1. The molecule has 0 aliphatic carbocycles. The molecular weight excluding hydrogens is 144 g/mol. The Morgan fingerprint density at radius 1 is 1.73 bits per heavy atom. The van der Waals surface area contributed by atoms with Crippen LogP contribution in [0.3, 0.4) is 0 Å². The molecule has 4 heteroatoms. The fourth-order valence-corrected chi connectivity index (χ4v) is 0.772. The minimum Gasteiger partial charge on any atom is -0.506 e. The standard InChI is InChI=1S/C7H8N2O2/c1-4-6(7(8)11)2-5(10)3-9-4/h2-3,10H,1H3,(H2,8,11). The Balaban J connectivity index is 3.23. The maximum atomic E-state index is 10.6. The smallest absolute Gasteiger partial charge is 0.250 e. The van der Waals surface area contributed by atoms with E-state index in [2.05, 4.69) is 4.98 Å². The van der Waals surface area contributed by atoms with Crippen molar-refractivity contribution in [2.24, 2.45) is 5.73 Å². The molecule has 0 spiro atoms. The van der Waals surface area contributed by atoms with Crippen molar-refractivity contribution in [1.82, 2.24) is 4.98 Å². The Morgan fingerprint density at radius 3 is 2.82 bits per heavy atom. The van der Waals surface area contributed by atoms with Gasteiger partial charge in [-0.2, -0.15) is 0 Å². The zero-order chi connectivity index (χ0) is 8.43. The van der Waals surface area contributed by atoms with E-state index in [1.165, 1.54) is 12.3 Å². The molecule has 0 atom stereocenters. The van der Waals surface area contributed by atoms with Crippen LogP contribution in [0, 0.1) is 6.92 Å². The van der Waals surface area contributed by atoms with Gasteiger partial charge in [-0.15, -0.1) is 0 Å². The number of aromatic hydroxyl groups is 1. The van der Waals surface area contributed by atoms with Crippen molar-refractivity contribution in [3.8, 4) is 5.75 Å². The molecule has 3 N–H and O–H groups in total. The van der Waals surface area contributed by atoms with Gasteiger partial charge in [0, 0.05) is 0 Å². The molecule has 1 heterocycles. The lowest BCUT2D eigenvalue weighted by Gasteiger charge is -1.99. The second-order valence-corrected chi connectivity index (χ2v) is 2.19. The third-order valence-electron chi connectivity index (χ3n) is 1.34. The van der Waals surface area contributed by atoms with Crippen LogP contribution in [-0.4, -0.2) is 16.0 Å². The fourth-order valence-electron chi connectivity index (χ4n) is 0.772. The van der Waals surface area contributed by atoms with Crippen molar-refractivity contribution in [2.45, 2.75) is 6.92 Å². The van der Waals surface area contributed by atoms with E-state index >= 15 is 0 Å². The van der Waals surface area contributed by atoms with E-state index < -0.39 is 5.91 Å². The van der Waals surface area contributed by atoms with Crippen molar-refractivity contribution in [3.05, 3.63) is 23.5 Å². The highest BCUT2D eigenvalue weighted by Crippen LogP contribution is 2.11. The van der Waals surface area contributed by atoms with Gasteiger partial charge in [0.15, 0.2) is 0 Å². The second kappa shape index (κ2) is 2.57. The van der Waals surface area contributed by atoms with Crippen LogP contribution in [0.4, 0.5) is 0 Å². The molecule has 1 aromatic heterocycles. The maximum Gasteiger partial charge on any atom is 0.250 e. The first-order chi connectivity index (χ1) is 5.11. The molecule has 1 rings (SSSR count). The Morgan fingerprint density at radius 2 is 2.36 bits per heavy atom. The first kappa shape index (κ1) is 7.53. The van der Waals surface area contributed by atoms with Crippen LogP contribution >= 0.6 is 0 Å². The van der Waals surface area contributed by atoms with E-state index in [4.69, 9.17) is 10.8 Å². The van der Waals surface area contributed by atoms with Crippen molar-refractivity contribution < 1.29 is 9.90 Å². The number of nitrogens with zero attached hydrogens (tertiary/aromatic N) is 1. The fraction of sp³-hybridized carbons (Fsp3) is 0.143. The summed E-state index contributed by atoms with van der Waals surface area (Å²) in [5.74, 6) is -0.629. The summed E-state index contributed by atoms with van der Waals surface area (Å²) in [4.78, 5) is 14.4. The summed E-state index contributed by atoms with van der Waals surface area (Å²) in [6.07, 6.45) is 1.27. The van der Waals surface area contributed by atoms with Crippen LogP contribution in [0.1, 0.15) is 16.1 Å². The van der Waals surface area contributed by atoms with Gasteiger partial charge in [0.2, 0.25) is 0 Å². The van der Waals surface area contributed by atoms with Crippen molar-refractivity contribution in [3.63, 3.8) is 0 Å². The highest BCUT2D eigenvalue weighted by atomic mass is 16.3. The van der Waals surface area contributed by atoms with Gasteiger partial charge < -0.3 is 10.8 Å². The Bertz CT molecular complexity index is 296. The van der Waals surface area contributed by atoms with Crippen LogP contribution in [0.2, 0.25) is 0 Å². The molecule has 0 saturated heterocycles. The summed E-state index contributed by atoms with van der Waals surface area (Å²) in [5, 5.41) is 8.92. The van der Waals surface area contributed by atoms with Gasteiger partial charge in [-0.1, -0.05) is 0 Å². The lowest BCUT2D eigenvalue weighted by Crippen LogP contribution is -2.13. The summed E-state index contributed by atoms with van der Waals surface area (Å²) < 4.78 is 0. The average Bonchev–Trinajstić information content (AvgIpc) is 1.94. The first-order valence-electron chi connectivity index (χ1n) is 3.06. The summed E-state index contributed by atoms with van der Waals surface area (Å²) >= 11 is 0. The summed E-state index contributed by atoms with van der Waals surface area (Å²) in [5.41, 5.74) is 5.77. The van der Waals surface area contributed by atoms with Crippen LogP contribution in [0.5, 0.6) is 5.75 Å². The van der Waals surface area contributed by atoms with Gasteiger partial charge in [-0.3, -0.25) is 9.78 Å². The van der Waals surface area contributed by atoms with Crippen molar-refractivity contribution >= 4 is 5.91 Å². The Hall–Kier alpha value is -1.58. The SMILES string of the molecule is Cc1ncc(O)cc1C(N)=O. The zero-order valence-corrected chi connectivity index (χ0v) is 6.03. The molecule has 0 aliphatic heterocycles. The third kappa shape index (κ3) is 1.46. The maximum absolute atomic E-state index is 10.6. The number of primary amides is 1. The first-order valence-corrected chi connectivity index (χ1v) is 3.06. The van der Waals surface area contributed by atoms with Crippen molar-refractivity contribution in [2.75, 3.05) is 0 Å². The molecule has 0 bridgehead atoms. The van der Waals surface area contributed by atoms with Gasteiger partial charge in [0.05, 0.1) is 17.5 Å². The molecule has 0 fully saturated rings. The van der Waals surface area contributed by atoms with Gasteiger partial charge in [-0.05, 0) is 13.0 Å². The number of hydrogen-bond donors (Lipinski definition) is 2. The highest BCUT2D eigenvalue weighted by molar-refractivity contribution is 5.94. The lowest BCUT2D eigenvalue weighted by atomic mass is 10.2. The quantitative estimate of drug-likeness (QED) is 0.603. The van der Waals surface area contributed by atoms with E-state index in [9.17, 15) is 4.79 Å². The summed E-state index contributed by atoms with van der Waals surface area (Å²) in [7, 11) is 0. The number of rotatable bonds is 1. The topological polar surface area (TPSA) is 76.2 Å². The molecule has 58 valence electrons. The monoisotopic (exact) mass is 152 g/mol. The molecular formula is C7H8N2O2. The number of carbonyl (C=O) groups is 1. The van der Waals surface area contributed by atoms with Crippen LogP contribution in [0.25, 0.3) is 0 Å². The van der Waals surface area contributed by atoms with E-state index in [0.29, 0.717) is 5.69 Å². The number of amides is 1. The van der Waals surface area contributed by atoms with Gasteiger partial charge in [-0.25, -0.2) is 0 Å². The van der Waals surface area contributed by atoms with E-state index in [-0.39, 0.29) is 11.3 Å².